The van der Waals surface area contributed by atoms with Crippen LogP contribution in [-0.2, 0) is 0 Å². The van der Waals surface area contributed by atoms with E-state index in [1.165, 1.54) is 39.0 Å². The Kier molecular flexibility index (Phi) is 2.29. The maximum absolute atomic E-state index is 3.84. The highest BCUT2D eigenvalue weighted by Crippen LogP contribution is 2.65. The second-order valence-electron chi connectivity index (χ2n) is 6.52. The smallest absolute Gasteiger partial charge is 0.0136 e. The van der Waals surface area contributed by atoms with Gasteiger partial charge in [-0.25, -0.2) is 0 Å². The van der Waals surface area contributed by atoms with E-state index >= 15 is 0 Å². The van der Waals surface area contributed by atoms with E-state index in [2.05, 4.69) is 10.2 Å². The molecule has 2 heteroatoms. The maximum Gasteiger partial charge on any atom is 0.0136 e. The SMILES string of the molecule is C1CCN(CCNC2C3C4CCC(C4)C23)C1. The van der Waals surface area contributed by atoms with Gasteiger partial charge in [0.1, 0.15) is 0 Å². The fourth-order valence-electron chi connectivity index (χ4n) is 4.99. The molecule has 3 aliphatic carbocycles. The lowest BCUT2D eigenvalue weighted by Gasteiger charge is -2.16. The van der Waals surface area contributed by atoms with Gasteiger partial charge in [-0.15, -0.1) is 0 Å². The molecule has 3 saturated carbocycles. The molecule has 4 rings (SSSR count). The van der Waals surface area contributed by atoms with Crippen molar-refractivity contribution in [2.24, 2.45) is 23.7 Å². The Morgan fingerprint density at radius 3 is 2.38 bits per heavy atom. The molecule has 90 valence electrons. The van der Waals surface area contributed by atoms with E-state index in [9.17, 15) is 0 Å². The highest BCUT2D eigenvalue weighted by atomic mass is 15.2. The Labute approximate surface area is 98.8 Å². The number of rotatable bonds is 4. The summed E-state index contributed by atoms with van der Waals surface area (Å²) < 4.78 is 0. The third-order valence-corrected chi connectivity index (χ3v) is 5.74. The molecule has 1 aliphatic heterocycles. The van der Waals surface area contributed by atoms with Crippen molar-refractivity contribution in [2.75, 3.05) is 26.2 Å². The molecule has 2 bridgehead atoms. The van der Waals surface area contributed by atoms with Crippen LogP contribution in [0.5, 0.6) is 0 Å². The monoisotopic (exact) mass is 220 g/mol. The molecule has 0 aromatic carbocycles. The molecule has 1 heterocycles. The number of hydrogen-bond acceptors (Lipinski definition) is 2. The Bertz CT molecular complexity index is 256. The Morgan fingerprint density at radius 1 is 1.00 bits per heavy atom. The molecule has 16 heavy (non-hydrogen) atoms. The molecule has 1 saturated heterocycles. The summed E-state index contributed by atoms with van der Waals surface area (Å²) in [6.45, 7) is 5.25. The van der Waals surface area contributed by atoms with E-state index in [0.717, 1.165) is 29.7 Å². The molecular weight excluding hydrogens is 196 g/mol. The second-order valence-corrected chi connectivity index (χ2v) is 6.52. The minimum atomic E-state index is 0.939. The number of likely N-dealkylation sites (tertiary alicyclic amines) is 1. The first-order valence-corrected chi connectivity index (χ1v) is 7.39. The average molecular weight is 220 g/mol. The van der Waals surface area contributed by atoms with Crippen LogP contribution in [0, 0.1) is 23.7 Å². The van der Waals surface area contributed by atoms with Gasteiger partial charge in [0.05, 0.1) is 0 Å². The van der Waals surface area contributed by atoms with Crippen molar-refractivity contribution in [1.82, 2.24) is 10.2 Å². The summed E-state index contributed by atoms with van der Waals surface area (Å²) in [6.07, 6.45) is 7.55. The molecule has 0 radical (unpaired) electrons. The lowest BCUT2D eigenvalue weighted by atomic mass is 10.0. The Morgan fingerprint density at radius 2 is 1.69 bits per heavy atom. The van der Waals surface area contributed by atoms with E-state index in [1.54, 1.807) is 19.3 Å². The van der Waals surface area contributed by atoms with Gasteiger partial charge in [0.2, 0.25) is 0 Å². The van der Waals surface area contributed by atoms with E-state index in [4.69, 9.17) is 0 Å². The van der Waals surface area contributed by atoms with Crippen LogP contribution >= 0.6 is 0 Å². The molecule has 0 aromatic heterocycles. The van der Waals surface area contributed by atoms with Gasteiger partial charge in [-0.3, -0.25) is 0 Å². The van der Waals surface area contributed by atoms with Gasteiger partial charge >= 0.3 is 0 Å². The molecule has 4 atom stereocenters. The standard InChI is InChI=1S/C14H24N2/c1-2-7-16(6-1)8-5-15-14-12-10-3-4-11(9-10)13(12)14/h10-15H,1-9H2. The van der Waals surface area contributed by atoms with Crippen molar-refractivity contribution in [2.45, 2.75) is 38.1 Å². The summed E-state index contributed by atoms with van der Waals surface area (Å²) >= 11 is 0. The van der Waals surface area contributed by atoms with Crippen LogP contribution in [0.1, 0.15) is 32.1 Å². The molecule has 2 nitrogen and oxygen atoms in total. The van der Waals surface area contributed by atoms with Gasteiger partial charge in [0.15, 0.2) is 0 Å². The zero-order valence-corrected chi connectivity index (χ0v) is 10.2. The fourth-order valence-corrected chi connectivity index (χ4v) is 4.99. The van der Waals surface area contributed by atoms with Crippen molar-refractivity contribution in [1.29, 1.82) is 0 Å². The van der Waals surface area contributed by atoms with Gasteiger partial charge in [-0.1, -0.05) is 0 Å². The third kappa shape index (κ3) is 1.46. The third-order valence-electron chi connectivity index (χ3n) is 5.74. The molecule has 0 spiro atoms. The van der Waals surface area contributed by atoms with Crippen LogP contribution in [0.3, 0.4) is 0 Å². The minimum Gasteiger partial charge on any atom is -0.312 e. The van der Waals surface area contributed by atoms with Crippen molar-refractivity contribution in [3.8, 4) is 0 Å². The number of nitrogens with zero attached hydrogens (tertiary/aromatic N) is 1. The summed E-state index contributed by atoms with van der Waals surface area (Å²) in [5.41, 5.74) is 0. The lowest BCUT2D eigenvalue weighted by molar-refractivity contribution is 0.329. The van der Waals surface area contributed by atoms with Gasteiger partial charge in [-0.2, -0.15) is 0 Å². The predicted octanol–water partition coefficient (Wildman–Crippen LogP) is 1.72. The van der Waals surface area contributed by atoms with Crippen LogP contribution in [0.4, 0.5) is 0 Å². The molecule has 4 unspecified atom stereocenters. The number of nitrogens with one attached hydrogen (secondary N) is 1. The van der Waals surface area contributed by atoms with Crippen molar-refractivity contribution in [3.63, 3.8) is 0 Å². The maximum atomic E-state index is 3.84. The normalized spacial score (nSPS) is 49.9. The number of hydrogen-bond donors (Lipinski definition) is 1. The Hall–Kier alpha value is -0.0800. The zero-order chi connectivity index (χ0) is 10.5. The van der Waals surface area contributed by atoms with E-state index < -0.39 is 0 Å². The van der Waals surface area contributed by atoms with Crippen molar-refractivity contribution < 1.29 is 0 Å². The topological polar surface area (TPSA) is 15.3 Å². The first-order valence-electron chi connectivity index (χ1n) is 7.39. The molecular formula is C14H24N2. The van der Waals surface area contributed by atoms with E-state index in [1.807, 2.05) is 0 Å². The van der Waals surface area contributed by atoms with Crippen LogP contribution in [-0.4, -0.2) is 37.1 Å². The summed E-state index contributed by atoms with van der Waals surface area (Å²) in [7, 11) is 0. The highest BCUT2D eigenvalue weighted by molar-refractivity contribution is 5.16. The largest absolute Gasteiger partial charge is 0.312 e. The van der Waals surface area contributed by atoms with Crippen LogP contribution in [0.25, 0.3) is 0 Å². The van der Waals surface area contributed by atoms with Crippen molar-refractivity contribution in [3.05, 3.63) is 0 Å². The quantitative estimate of drug-likeness (QED) is 0.776. The fraction of sp³-hybridized carbons (Fsp3) is 1.00. The Balaban J connectivity index is 1.22. The van der Waals surface area contributed by atoms with Gasteiger partial charge in [0, 0.05) is 19.1 Å². The van der Waals surface area contributed by atoms with Gasteiger partial charge < -0.3 is 10.2 Å². The van der Waals surface area contributed by atoms with Gasteiger partial charge in [0.25, 0.3) is 0 Å². The minimum absolute atomic E-state index is 0.939. The first-order chi connectivity index (χ1) is 7.93. The van der Waals surface area contributed by atoms with E-state index in [-0.39, 0.29) is 0 Å². The van der Waals surface area contributed by atoms with E-state index in [0.29, 0.717) is 0 Å². The van der Waals surface area contributed by atoms with Crippen molar-refractivity contribution >= 4 is 0 Å². The molecule has 4 aliphatic rings. The molecule has 0 aromatic rings. The first kappa shape index (κ1) is 9.90. The van der Waals surface area contributed by atoms with Gasteiger partial charge in [-0.05, 0) is 68.9 Å². The lowest BCUT2D eigenvalue weighted by Crippen LogP contribution is -2.33. The summed E-state index contributed by atoms with van der Waals surface area (Å²) in [5.74, 6) is 4.47. The second kappa shape index (κ2) is 3.71. The average Bonchev–Trinajstić information content (AvgIpc) is 2.77. The summed E-state index contributed by atoms with van der Waals surface area (Å²) in [4.78, 5) is 2.62. The molecule has 0 amide bonds. The number of fused-ring (bicyclic) bond motifs is 5. The van der Waals surface area contributed by atoms with Crippen LogP contribution in [0.2, 0.25) is 0 Å². The molecule has 1 N–H and O–H groups in total. The summed E-state index contributed by atoms with van der Waals surface area (Å²) in [6, 6.07) is 0.939. The summed E-state index contributed by atoms with van der Waals surface area (Å²) in [5, 5.41) is 3.84. The van der Waals surface area contributed by atoms with Crippen LogP contribution < -0.4 is 5.32 Å². The predicted molar refractivity (Wildman–Crippen MR) is 65.3 cm³/mol. The van der Waals surface area contributed by atoms with Crippen LogP contribution in [0.15, 0.2) is 0 Å². The highest BCUT2D eigenvalue weighted by Gasteiger charge is 2.64. The molecule has 4 fully saturated rings. The zero-order valence-electron chi connectivity index (χ0n) is 10.2.